The summed E-state index contributed by atoms with van der Waals surface area (Å²) >= 11 is 18.1. The van der Waals surface area contributed by atoms with E-state index in [2.05, 4.69) is 16.1 Å². The van der Waals surface area contributed by atoms with Gasteiger partial charge < -0.3 is 5.32 Å². The van der Waals surface area contributed by atoms with Gasteiger partial charge in [0.05, 0.1) is 11.1 Å². The molecule has 1 saturated carbocycles. The lowest BCUT2D eigenvalue weighted by molar-refractivity contribution is -0.124. The minimum Gasteiger partial charge on any atom is -0.314 e. The van der Waals surface area contributed by atoms with Crippen molar-refractivity contribution in [2.45, 2.75) is 61.8 Å². The largest absolute Gasteiger partial charge is 0.314 e. The van der Waals surface area contributed by atoms with Crippen molar-refractivity contribution in [3.05, 3.63) is 62.6 Å². The molecule has 2 aromatic carbocycles. The molecule has 0 saturated heterocycles. The lowest BCUT2D eigenvalue weighted by atomic mass is 9.79. The molecule has 2 aliphatic carbocycles. The van der Waals surface area contributed by atoms with E-state index in [-0.39, 0.29) is 33.7 Å². The van der Waals surface area contributed by atoms with E-state index >= 15 is 0 Å². The number of amidine groups is 1. The molecule has 10 heteroatoms. The van der Waals surface area contributed by atoms with Crippen molar-refractivity contribution >= 4 is 56.6 Å². The first-order valence-corrected chi connectivity index (χ1v) is 14.9. The summed E-state index contributed by atoms with van der Waals surface area (Å²) < 4.78 is 28.0. The second kappa shape index (κ2) is 10.6. The number of halogens is 3. The fourth-order valence-electron chi connectivity index (χ4n) is 5.68. The van der Waals surface area contributed by atoms with Gasteiger partial charge in [-0.05, 0) is 85.9 Å². The second-order valence-corrected chi connectivity index (χ2v) is 13.0. The highest BCUT2D eigenvalue weighted by Crippen LogP contribution is 2.40. The molecule has 1 aliphatic heterocycles. The van der Waals surface area contributed by atoms with Crippen LogP contribution in [0.2, 0.25) is 15.1 Å². The summed E-state index contributed by atoms with van der Waals surface area (Å²) in [5, 5.41) is 4.34. The Labute approximate surface area is 226 Å². The molecular weight excluding hydrogens is 541 g/mol. The highest BCUT2D eigenvalue weighted by Gasteiger charge is 2.36. The first-order chi connectivity index (χ1) is 17.2. The minimum absolute atomic E-state index is 0.0188. The highest BCUT2D eigenvalue weighted by molar-refractivity contribution is 7.89. The van der Waals surface area contributed by atoms with Crippen LogP contribution in [0.3, 0.4) is 0 Å². The van der Waals surface area contributed by atoms with Crippen LogP contribution >= 0.6 is 34.8 Å². The SMILES string of the molecule is O=C(NC1=N[C@@H]2CCc3cc(Cl)ccc3[C@@H]2C1)C1CCC(CNS(=O)(=O)c2ccc(Cl)cc2Cl)CC1. The van der Waals surface area contributed by atoms with Gasteiger partial charge in [-0.25, -0.2) is 13.1 Å². The van der Waals surface area contributed by atoms with Gasteiger partial charge in [0.15, 0.2) is 0 Å². The minimum atomic E-state index is -3.73. The van der Waals surface area contributed by atoms with Crippen LogP contribution in [-0.2, 0) is 21.2 Å². The molecule has 1 heterocycles. The normalized spacial score (nSPS) is 25.6. The van der Waals surface area contributed by atoms with Crippen molar-refractivity contribution in [1.29, 1.82) is 0 Å². The number of aryl methyl sites for hydroxylation is 1. The Kier molecular flexibility index (Phi) is 7.66. The Hall–Kier alpha value is -1.64. The number of sulfonamides is 1. The zero-order valence-corrected chi connectivity index (χ0v) is 22.7. The molecule has 2 atom stereocenters. The predicted octanol–water partition coefficient (Wildman–Crippen LogP) is 5.75. The number of amides is 1. The number of rotatable bonds is 5. The molecule has 0 aromatic heterocycles. The molecular formula is C26H28Cl3N3O3S. The first-order valence-electron chi connectivity index (χ1n) is 12.3. The summed E-state index contributed by atoms with van der Waals surface area (Å²) in [6.07, 6.45) is 5.68. The smallest absolute Gasteiger partial charge is 0.242 e. The number of nitrogens with one attached hydrogen (secondary N) is 2. The molecule has 0 spiro atoms. The van der Waals surface area contributed by atoms with Crippen LogP contribution in [0.4, 0.5) is 0 Å². The molecule has 0 bridgehead atoms. The van der Waals surface area contributed by atoms with E-state index in [1.54, 1.807) is 0 Å². The summed E-state index contributed by atoms with van der Waals surface area (Å²) in [6.45, 7) is 0.315. The molecule has 6 nitrogen and oxygen atoms in total. The number of benzene rings is 2. The number of hydrogen-bond donors (Lipinski definition) is 2. The number of carbonyl (C=O) groups excluding carboxylic acids is 1. The first kappa shape index (κ1) is 26.0. The van der Waals surface area contributed by atoms with Gasteiger partial charge in [-0.3, -0.25) is 9.79 Å². The van der Waals surface area contributed by atoms with Crippen LogP contribution in [-0.4, -0.2) is 32.7 Å². The van der Waals surface area contributed by atoms with Crippen molar-refractivity contribution in [2.24, 2.45) is 16.8 Å². The molecule has 2 N–H and O–H groups in total. The predicted molar refractivity (Wildman–Crippen MR) is 144 cm³/mol. The molecule has 0 unspecified atom stereocenters. The maximum absolute atomic E-state index is 13.0. The van der Waals surface area contributed by atoms with Gasteiger partial charge in [0, 0.05) is 34.8 Å². The van der Waals surface area contributed by atoms with E-state index in [1.807, 2.05) is 12.1 Å². The maximum Gasteiger partial charge on any atom is 0.242 e. The highest BCUT2D eigenvalue weighted by atomic mass is 35.5. The van der Waals surface area contributed by atoms with Crippen LogP contribution < -0.4 is 10.0 Å². The zero-order valence-electron chi connectivity index (χ0n) is 19.6. The van der Waals surface area contributed by atoms with E-state index in [0.717, 1.165) is 55.8 Å². The Morgan fingerprint density at radius 3 is 2.44 bits per heavy atom. The third-order valence-corrected chi connectivity index (χ3v) is 10.0. The second-order valence-electron chi connectivity index (χ2n) is 9.97. The zero-order chi connectivity index (χ0) is 25.4. The lowest BCUT2D eigenvalue weighted by Gasteiger charge is -2.28. The number of carbonyl (C=O) groups is 1. The third kappa shape index (κ3) is 5.60. The average Bonchev–Trinajstić information content (AvgIpc) is 3.25. The topological polar surface area (TPSA) is 87.6 Å². The third-order valence-electron chi connectivity index (χ3n) is 7.64. The summed E-state index contributed by atoms with van der Waals surface area (Å²) in [5.74, 6) is 1.20. The summed E-state index contributed by atoms with van der Waals surface area (Å²) in [7, 11) is -3.73. The molecule has 3 aliphatic rings. The van der Waals surface area contributed by atoms with Crippen molar-refractivity contribution in [2.75, 3.05) is 6.54 Å². The summed E-state index contributed by atoms with van der Waals surface area (Å²) in [4.78, 5) is 17.8. The van der Waals surface area contributed by atoms with E-state index in [0.29, 0.717) is 17.5 Å². The van der Waals surface area contributed by atoms with E-state index in [9.17, 15) is 13.2 Å². The van der Waals surface area contributed by atoms with Gasteiger partial charge in [0.1, 0.15) is 10.7 Å². The molecule has 5 rings (SSSR count). The fourth-order valence-corrected chi connectivity index (χ4v) is 7.76. The molecule has 36 heavy (non-hydrogen) atoms. The van der Waals surface area contributed by atoms with E-state index in [4.69, 9.17) is 39.8 Å². The molecule has 2 aromatic rings. The molecule has 0 radical (unpaired) electrons. The number of hydrogen-bond acceptors (Lipinski definition) is 4. The standard InChI is InChI=1S/C26H28Cl3N3O3S/c27-18-6-8-20-17(11-18)5-9-23-21(20)13-25(31-23)32-26(33)16-3-1-15(2-4-16)14-30-36(34,35)24-10-7-19(28)12-22(24)29/h6-8,10-12,15-16,21,23,30H,1-5,9,13-14H2,(H,31,32,33)/t15?,16?,21-,23+/m0/s1. The number of fused-ring (bicyclic) bond motifs is 3. The number of aliphatic imine (C=N–C) groups is 1. The monoisotopic (exact) mass is 567 g/mol. The van der Waals surface area contributed by atoms with Gasteiger partial charge in [-0.2, -0.15) is 0 Å². The van der Waals surface area contributed by atoms with Crippen LogP contribution in [0, 0.1) is 11.8 Å². The van der Waals surface area contributed by atoms with Gasteiger partial charge in [0.2, 0.25) is 15.9 Å². The van der Waals surface area contributed by atoms with Crippen molar-refractivity contribution < 1.29 is 13.2 Å². The van der Waals surface area contributed by atoms with E-state index < -0.39 is 10.0 Å². The van der Waals surface area contributed by atoms with Crippen LogP contribution in [0.15, 0.2) is 46.3 Å². The quantitative estimate of drug-likeness (QED) is 0.482. The van der Waals surface area contributed by atoms with Gasteiger partial charge in [0.25, 0.3) is 0 Å². The molecule has 1 fully saturated rings. The van der Waals surface area contributed by atoms with Crippen LogP contribution in [0.1, 0.15) is 55.6 Å². The van der Waals surface area contributed by atoms with Gasteiger partial charge in [-0.1, -0.05) is 40.9 Å². The summed E-state index contributed by atoms with van der Waals surface area (Å²) in [5.41, 5.74) is 2.59. The summed E-state index contributed by atoms with van der Waals surface area (Å²) in [6, 6.07) is 10.6. The molecule has 1 amide bonds. The maximum atomic E-state index is 13.0. The Morgan fingerprint density at radius 2 is 1.69 bits per heavy atom. The van der Waals surface area contributed by atoms with Crippen molar-refractivity contribution in [3.63, 3.8) is 0 Å². The van der Waals surface area contributed by atoms with Crippen LogP contribution in [0.5, 0.6) is 0 Å². The van der Waals surface area contributed by atoms with Crippen molar-refractivity contribution in [3.8, 4) is 0 Å². The number of nitrogens with zero attached hydrogens (tertiary/aromatic N) is 1. The van der Waals surface area contributed by atoms with Gasteiger partial charge >= 0.3 is 0 Å². The van der Waals surface area contributed by atoms with Crippen molar-refractivity contribution in [1.82, 2.24) is 10.0 Å². The van der Waals surface area contributed by atoms with Crippen LogP contribution in [0.25, 0.3) is 0 Å². The molecule has 192 valence electrons. The van der Waals surface area contributed by atoms with E-state index in [1.165, 1.54) is 29.3 Å². The Balaban J connectivity index is 1.11. The van der Waals surface area contributed by atoms with Gasteiger partial charge in [-0.15, -0.1) is 0 Å². The average molecular weight is 569 g/mol. The Morgan fingerprint density at radius 1 is 0.972 bits per heavy atom. The Bertz CT molecular complexity index is 1310. The lowest BCUT2D eigenvalue weighted by Crippen LogP contribution is -2.38. The fraction of sp³-hybridized carbons (Fsp3) is 0.462.